The molecule has 10 heteroatoms. The molecule has 4 unspecified atom stereocenters. The van der Waals surface area contributed by atoms with E-state index >= 15 is 0 Å². The molecule has 1 aliphatic heterocycles. The molecule has 0 bridgehead atoms. The van der Waals surface area contributed by atoms with Gasteiger partial charge >= 0.3 is 0 Å². The van der Waals surface area contributed by atoms with E-state index in [4.69, 9.17) is 16.3 Å². The Kier molecular flexibility index (Phi) is 6.44. The van der Waals surface area contributed by atoms with Crippen molar-refractivity contribution >= 4 is 72.5 Å². The van der Waals surface area contributed by atoms with E-state index < -0.39 is 23.7 Å². The normalized spacial score (nSPS) is 26.2. The number of phenolic OH excluding ortho intramolecular Hbond substituents is 1. The molecule has 2 aromatic carbocycles. The maximum Gasteiger partial charge on any atom is 0.238 e. The third-order valence-electron chi connectivity index (χ3n) is 8.02. The molecule has 198 valence electrons. The predicted octanol–water partition coefficient (Wildman–Crippen LogP) is 5.78. The number of benzene rings is 2. The summed E-state index contributed by atoms with van der Waals surface area (Å²) < 4.78 is 5.89. The quantitative estimate of drug-likeness (QED) is 0.252. The molecule has 1 saturated heterocycles. The Morgan fingerprint density at radius 3 is 2.44 bits per heavy atom. The molecular weight excluding hydrogens is 654 g/mol. The number of allylic oxidation sites excluding steroid dienone is 6. The molecule has 4 aliphatic rings. The first-order valence-electron chi connectivity index (χ1n) is 12.2. The number of rotatable bonds is 3. The highest BCUT2D eigenvalue weighted by Gasteiger charge is 2.56. The van der Waals surface area contributed by atoms with E-state index in [9.17, 15) is 24.3 Å². The number of phenols is 1. The van der Waals surface area contributed by atoms with E-state index in [0.29, 0.717) is 38.3 Å². The van der Waals surface area contributed by atoms with Crippen LogP contribution in [0.25, 0.3) is 0 Å². The highest BCUT2D eigenvalue weighted by Crippen LogP contribution is 2.56. The maximum absolute atomic E-state index is 13.9. The molecule has 2 aromatic rings. The molecule has 0 saturated carbocycles. The molecule has 2 amide bonds. The molecule has 3 aliphatic carbocycles. The Balaban J connectivity index is 1.51. The number of methoxy groups -OCH3 is 1. The fraction of sp³-hybridized carbons (Fsp3) is 0.241. The molecule has 0 spiro atoms. The summed E-state index contributed by atoms with van der Waals surface area (Å²) in [5.41, 5.74) is 2.55. The van der Waals surface area contributed by atoms with Crippen molar-refractivity contribution in [3.63, 3.8) is 0 Å². The first kappa shape index (κ1) is 26.2. The zero-order chi connectivity index (χ0) is 27.7. The summed E-state index contributed by atoms with van der Waals surface area (Å²) in [4.78, 5) is 55.4. The summed E-state index contributed by atoms with van der Waals surface area (Å²) in [6, 6.07) is 9.86. The average Bonchev–Trinajstić information content (AvgIpc) is 3.18. The molecule has 6 rings (SSSR count). The summed E-state index contributed by atoms with van der Waals surface area (Å²) in [5.74, 6) is -3.55. The lowest BCUT2D eigenvalue weighted by molar-refractivity contribution is -0.123. The number of ketones is 2. The van der Waals surface area contributed by atoms with E-state index in [0.717, 1.165) is 5.57 Å². The lowest BCUT2D eigenvalue weighted by Crippen LogP contribution is -2.39. The molecule has 1 heterocycles. The molecule has 39 heavy (non-hydrogen) atoms. The van der Waals surface area contributed by atoms with Crippen LogP contribution in [0, 0.1) is 17.8 Å². The fourth-order valence-electron chi connectivity index (χ4n) is 6.35. The second kappa shape index (κ2) is 9.57. The van der Waals surface area contributed by atoms with Crippen LogP contribution in [0.2, 0.25) is 5.02 Å². The molecule has 1 fully saturated rings. The van der Waals surface area contributed by atoms with Gasteiger partial charge in [-0.15, -0.1) is 0 Å². The van der Waals surface area contributed by atoms with E-state index in [-0.39, 0.29) is 45.8 Å². The second-order valence-electron chi connectivity index (χ2n) is 9.94. The van der Waals surface area contributed by atoms with E-state index in [1.807, 2.05) is 6.08 Å². The molecule has 0 radical (unpaired) electrons. The van der Waals surface area contributed by atoms with Crippen LogP contribution in [-0.4, -0.2) is 35.6 Å². The van der Waals surface area contributed by atoms with Gasteiger partial charge in [0.2, 0.25) is 11.8 Å². The fourth-order valence-corrected chi connectivity index (χ4v) is 7.38. The zero-order valence-corrected chi connectivity index (χ0v) is 24.3. The van der Waals surface area contributed by atoms with Gasteiger partial charge in [0, 0.05) is 28.2 Å². The van der Waals surface area contributed by atoms with Crippen LogP contribution in [0.15, 0.2) is 74.2 Å². The summed E-state index contributed by atoms with van der Waals surface area (Å²) in [6.45, 7) is 0. The first-order valence-corrected chi connectivity index (χ1v) is 14.2. The SMILES string of the molecule is COc1cc(C2C3=CCC4C(=O)N(c5ccc(Cl)cc5)C(=O)C4C3CC3=C2C(=O)C=C(Br)C3=O)cc(Br)c1O. The third kappa shape index (κ3) is 3.97. The minimum absolute atomic E-state index is 0.0932. The Bertz CT molecular complexity index is 1590. The third-order valence-corrected chi connectivity index (χ3v) is 9.47. The number of Topliss-reactive ketones (excluding diaryl/α,β-unsaturated/α-hetero) is 1. The van der Waals surface area contributed by atoms with Gasteiger partial charge in [-0.3, -0.25) is 24.1 Å². The number of carbonyl (C=O) groups is 4. The number of carbonyl (C=O) groups excluding carboxylic acids is 4. The number of halogens is 3. The van der Waals surface area contributed by atoms with Crippen molar-refractivity contribution in [2.45, 2.75) is 18.8 Å². The van der Waals surface area contributed by atoms with Crippen LogP contribution in [0.1, 0.15) is 24.3 Å². The minimum atomic E-state index is -0.695. The molecule has 7 nitrogen and oxygen atoms in total. The Morgan fingerprint density at radius 1 is 1.03 bits per heavy atom. The second-order valence-corrected chi connectivity index (χ2v) is 12.1. The van der Waals surface area contributed by atoms with Gasteiger partial charge < -0.3 is 9.84 Å². The molecule has 0 aromatic heterocycles. The van der Waals surface area contributed by atoms with Crippen LogP contribution < -0.4 is 9.64 Å². The van der Waals surface area contributed by atoms with Gasteiger partial charge in [-0.1, -0.05) is 23.3 Å². The van der Waals surface area contributed by atoms with Crippen molar-refractivity contribution in [1.29, 1.82) is 0 Å². The van der Waals surface area contributed by atoms with Gasteiger partial charge in [-0.2, -0.15) is 0 Å². The van der Waals surface area contributed by atoms with Crippen LogP contribution >= 0.6 is 43.5 Å². The van der Waals surface area contributed by atoms with Crippen LogP contribution in [-0.2, 0) is 19.2 Å². The van der Waals surface area contributed by atoms with Crippen LogP contribution in [0.4, 0.5) is 5.69 Å². The Hall–Kier alpha value is -3.01. The lowest BCUT2D eigenvalue weighted by atomic mass is 9.59. The van der Waals surface area contributed by atoms with Gasteiger partial charge in [0.05, 0.1) is 33.6 Å². The summed E-state index contributed by atoms with van der Waals surface area (Å²) >= 11 is 12.6. The van der Waals surface area contributed by atoms with Gasteiger partial charge in [0.25, 0.3) is 0 Å². The number of anilines is 1. The molecular formula is C29H20Br2ClNO6. The number of imide groups is 1. The Labute approximate surface area is 245 Å². The number of fused-ring (bicyclic) bond motifs is 3. The van der Waals surface area contributed by atoms with Crippen molar-refractivity contribution in [3.8, 4) is 11.5 Å². The van der Waals surface area contributed by atoms with Crippen molar-refractivity contribution in [1.82, 2.24) is 0 Å². The standard InChI is InChI=1S/C29H20Br2ClNO6/c1-39-22-9-12(8-19(30)27(22)36)23-15-6-7-16-24(17(15)10-18-25(23)21(34)11-20(31)26(18)35)29(38)33(28(16)37)14-4-2-13(32)3-5-14/h2-6,8-9,11,16-17,23-24,36H,7,10H2,1H3. The number of amides is 2. The minimum Gasteiger partial charge on any atom is -0.503 e. The van der Waals surface area contributed by atoms with Crippen molar-refractivity contribution in [3.05, 3.63) is 84.8 Å². The monoisotopic (exact) mass is 671 g/mol. The first-order chi connectivity index (χ1) is 18.6. The summed E-state index contributed by atoms with van der Waals surface area (Å²) in [6.07, 6.45) is 3.70. The largest absolute Gasteiger partial charge is 0.503 e. The highest BCUT2D eigenvalue weighted by atomic mass is 79.9. The number of aromatic hydroxyl groups is 1. The number of ether oxygens (including phenoxy) is 1. The van der Waals surface area contributed by atoms with Gasteiger partial charge in [-0.05, 0) is 92.6 Å². The van der Waals surface area contributed by atoms with Gasteiger partial charge in [-0.25, -0.2) is 0 Å². The lowest BCUT2D eigenvalue weighted by Gasteiger charge is -2.42. The van der Waals surface area contributed by atoms with Crippen molar-refractivity contribution in [2.75, 3.05) is 12.0 Å². The Morgan fingerprint density at radius 2 is 1.74 bits per heavy atom. The number of hydrogen-bond donors (Lipinski definition) is 1. The molecule has 1 N–H and O–H groups in total. The number of hydrogen-bond acceptors (Lipinski definition) is 6. The predicted molar refractivity (Wildman–Crippen MR) is 151 cm³/mol. The molecule has 4 atom stereocenters. The topological polar surface area (TPSA) is 101 Å². The van der Waals surface area contributed by atoms with E-state index in [1.54, 1.807) is 36.4 Å². The number of nitrogens with zero attached hydrogens (tertiary/aromatic N) is 1. The smallest absolute Gasteiger partial charge is 0.238 e. The van der Waals surface area contributed by atoms with E-state index in [2.05, 4.69) is 31.9 Å². The zero-order valence-electron chi connectivity index (χ0n) is 20.4. The van der Waals surface area contributed by atoms with E-state index in [1.165, 1.54) is 18.1 Å². The average molecular weight is 674 g/mol. The summed E-state index contributed by atoms with van der Waals surface area (Å²) in [7, 11) is 1.42. The van der Waals surface area contributed by atoms with Gasteiger partial charge in [0.1, 0.15) is 0 Å². The highest BCUT2D eigenvalue weighted by molar-refractivity contribution is 9.12. The van der Waals surface area contributed by atoms with Crippen LogP contribution in [0.3, 0.4) is 0 Å². The van der Waals surface area contributed by atoms with Gasteiger partial charge in [0.15, 0.2) is 23.1 Å². The van der Waals surface area contributed by atoms with Crippen molar-refractivity contribution < 1.29 is 29.0 Å². The van der Waals surface area contributed by atoms with Crippen LogP contribution in [0.5, 0.6) is 11.5 Å². The van der Waals surface area contributed by atoms with Crippen molar-refractivity contribution in [2.24, 2.45) is 17.8 Å². The summed E-state index contributed by atoms with van der Waals surface area (Å²) in [5, 5.41) is 10.9. The maximum atomic E-state index is 13.9.